The van der Waals surface area contributed by atoms with Gasteiger partial charge in [0.1, 0.15) is 0 Å². The zero-order valence-electron chi connectivity index (χ0n) is 16.3. The van der Waals surface area contributed by atoms with Gasteiger partial charge in [0.05, 0.1) is 6.54 Å². The van der Waals surface area contributed by atoms with Crippen molar-refractivity contribution in [2.24, 2.45) is 0 Å². The van der Waals surface area contributed by atoms with Gasteiger partial charge in [-0.25, -0.2) is 0 Å². The van der Waals surface area contributed by atoms with Crippen LogP contribution in [0.15, 0.2) is 30.3 Å². The van der Waals surface area contributed by atoms with E-state index in [2.05, 4.69) is 42.7 Å². The molecule has 0 heterocycles. The first-order chi connectivity index (χ1) is 12.3. The highest BCUT2D eigenvalue weighted by molar-refractivity contribution is 5.95. The first-order valence-electron chi connectivity index (χ1n) is 8.97. The van der Waals surface area contributed by atoms with Gasteiger partial charge in [0.15, 0.2) is 0 Å². The highest BCUT2D eigenvalue weighted by Gasteiger charge is 2.10. The second-order valence-corrected chi connectivity index (χ2v) is 7.03. The Morgan fingerprint density at radius 2 is 1.42 bits per heavy atom. The third kappa shape index (κ3) is 5.45. The summed E-state index contributed by atoms with van der Waals surface area (Å²) in [5, 5.41) is 5.60. The smallest absolute Gasteiger partial charge is 0.243 e. The highest BCUT2D eigenvalue weighted by Crippen LogP contribution is 2.21. The maximum Gasteiger partial charge on any atom is 0.243 e. The van der Waals surface area contributed by atoms with Gasteiger partial charge in [0.25, 0.3) is 0 Å². The van der Waals surface area contributed by atoms with Gasteiger partial charge in [0, 0.05) is 12.1 Å². The summed E-state index contributed by atoms with van der Waals surface area (Å²) in [6.07, 6.45) is 1.05. The average molecular weight is 352 g/mol. The van der Waals surface area contributed by atoms with Crippen molar-refractivity contribution in [1.82, 2.24) is 5.32 Å². The van der Waals surface area contributed by atoms with Gasteiger partial charge in [-0.2, -0.15) is 0 Å². The number of nitrogens with one attached hydrogen (secondary N) is 2. The lowest BCUT2D eigenvalue weighted by Crippen LogP contribution is -2.33. The molecule has 0 saturated heterocycles. The minimum absolute atomic E-state index is 0.0154. The van der Waals surface area contributed by atoms with E-state index in [1.54, 1.807) is 0 Å². The van der Waals surface area contributed by atoms with Gasteiger partial charge in [-0.3, -0.25) is 9.59 Å². The van der Waals surface area contributed by atoms with Crippen LogP contribution in [0, 0.1) is 34.6 Å². The molecule has 4 nitrogen and oxygen atoms in total. The van der Waals surface area contributed by atoms with Crippen LogP contribution in [0.1, 0.15) is 39.8 Å². The fourth-order valence-electron chi connectivity index (χ4n) is 3.20. The Hall–Kier alpha value is -2.62. The Morgan fingerprint density at radius 1 is 0.808 bits per heavy atom. The summed E-state index contributed by atoms with van der Waals surface area (Å²) in [5.74, 6) is -0.322. The summed E-state index contributed by atoms with van der Waals surface area (Å²) >= 11 is 0. The van der Waals surface area contributed by atoms with Crippen LogP contribution in [0.5, 0.6) is 0 Å². The molecular weight excluding hydrogens is 324 g/mol. The third-order valence-corrected chi connectivity index (χ3v) is 4.51. The molecule has 0 spiro atoms. The zero-order valence-corrected chi connectivity index (χ0v) is 16.3. The van der Waals surface area contributed by atoms with E-state index in [1.165, 1.54) is 16.7 Å². The normalized spacial score (nSPS) is 10.5. The summed E-state index contributed by atoms with van der Waals surface area (Å²) in [7, 11) is 0. The number of carbonyl (C=O) groups excluding carboxylic acids is 2. The summed E-state index contributed by atoms with van der Waals surface area (Å²) in [5.41, 5.74) is 7.62. The number of hydrogen-bond acceptors (Lipinski definition) is 2. The van der Waals surface area contributed by atoms with E-state index in [4.69, 9.17) is 0 Å². The molecule has 0 saturated carbocycles. The molecule has 0 unspecified atom stereocenters. The van der Waals surface area contributed by atoms with Crippen molar-refractivity contribution in [3.05, 3.63) is 63.7 Å². The fourth-order valence-corrected chi connectivity index (χ4v) is 3.20. The molecule has 0 aliphatic carbocycles. The van der Waals surface area contributed by atoms with Crippen LogP contribution in [0.3, 0.4) is 0 Å². The van der Waals surface area contributed by atoms with E-state index in [-0.39, 0.29) is 18.4 Å². The maximum atomic E-state index is 12.1. The topological polar surface area (TPSA) is 58.2 Å². The Kier molecular flexibility index (Phi) is 6.56. The van der Waals surface area contributed by atoms with Crippen LogP contribution in [0.4, 0.5) is 5.69 Å². The number of aryl methyl sites for hydroxylation is 6. The van der Waals surface area contributed by atoms with E-state index in [1.807, 2.05) is 32.9 Å². The Morgan fingerprint density at radius 3 is 2.04 bits per heavy atom. The summed E-state index contributed by atoms with van der Waals surface area (Å²) < 4.78 is 0. The van der Waals surface area contributed by atoms with Gasteiger partial charge >= 0.3 is 0 Å². The summed E-state index contributed by atoms with van der Waals surface area (Å²) in [6.45, 7) is 10.1. The summed E-state index contributed by atoms with van der Waals surface area (Å²) in [4.78, 5) is 24.2. The Bertz CT molecular complexity index is 802. The average Bonchev–Trinajstić information content (AvgIpc) is 2.55. The van der Waals surface area contributed by atoms with Crippen molar-refractivity contribution >= 4 is 17.5 Å². The van der Waals surface area contributed by atoms with Gasteiger partial charge in [-0.1, -0.05) is 41.5 Å². The summed E-state index contributed by atoms with van der Waals surface area (Å²) in [6, 6.07) is 10.3. The lowest BCUT2D eigenvalue weighted by Gasteiger charge is -2.13. The minimum Gasteiger partial charge on any atom is -0.347 e. The molecule has 0 radical (unpaired) electrons. The van der Waals surface area contributed by atoms with Crippen molar-refractivity contribution in [3.8, 4) is 0 Å². The van der Waals surface area contributed by atoms with Crippen molar-refractivity contribution in [1.29, 1.82) is 0 Å². The first-order valence-corrected chi connectivity index (χ1v) is 8.97. The Balaban J connectivity index is 1.83. The molecule has 2 rings (SSSR count). The third-order valence-electron chi connectivity index (χ3n) is 4.51. The van der Waals surface area contributed by atoms with Crippen LogP contribution in [-0.4, -0.2) is 18.4 Å². The SMILES string of the molecule is Cc1ccc(CCC(=O)NCC(=O)Nc2c(C)cc(C)cc2C)c(C)c1. The number of hydrogen-bond donors (Lipinski definition) is 2. The predicted octanol–water partition coefficient (Wildman–Crippen LogP) is 3.92. The molecule has 2 aromatic carbocycles. The molecule has 26 heavy (non-hydrogen) atoms. The molecule has 2 aromatic rings. The Labute approximate surface area is 156 Å². The number of rotatable bonds is 6. The first kappa shape index (κ1) is 19.7. The predicted molar refractivity (Wildman–Crippen MR) is 107 cm³/mol. The van der Waals surface area contributed by atoms with Crippen molar-refractivity contribution in [2.75, 3.05) is 11.9 Å². The molecule has 2 N–H and O–H groups in total. The van der Waals surface area contributed by atoms with Crippen LogP contribution in [0.2, 0.25) is 0 Å². The molecule has 0 aromatic heterocycles. The minimum atomic E-state index is -0.208. The van der Waals surface area contributed by atoms with Crippen LogP contribution in [0.25, 0.3) is 0 Å². The van der Waals surface area contributed by atoms with Gasteiger partial charge in [-0.05, 0) is 63.3 Å². The molecule has 2 amide bonds. The van der Waals surface area contributed by atoms with E-state index < -0.39 is 0 Å². The second kappa shape index (κ2) is 8.65. The van der Waals surface area contributed by atoms with E-state index in [0.29, 0.717) is 12.8 Å². The van der Waals surface area contributed by atoms with Crippen LogP contribution < -0.4 is 10.6 Å². The standard InChI is InChI=1S/C22H28N2O2/c1-14-6-7-19(16(3)10-14)8-9-20(25)23-13-21(26)24-22-17(4)11-15(2)12-18(22)5/h6-7,10-12H,8-9,13H2,1-5H3,(H,23,25)(H,24,26). The molecule has 0 aliphatic heterocycles. The number of carbonyl (C=O) groups is 2. The largest absolute Gasteiger partial charge is 0.347 e. The van der Waals surface area contributed by atoms with Crippen molar-refractivity contribution in [3.63, 3.8) is 0 Å². The lowest BCUT2D eigenvalue weighted by molar-refractivity contribution is -0.124. The van der Waals surface area contributed by atoms with Gasteiger partial charge in [0.2, 0.25) is 11.8 Å². The maximum absolute atomic E-state index is 12.1. The quantitative estimate of drug-likeness (QED) is 0.828. The fraction of sp³-hybridized carbons (Fsp3) is 0.364. The monoisotopic (exact) mass is 352 g/mol. The molecule has 0 bridgehead atoms. The molecule has 4 heteroatoms. The molecule has 0 atom stereocenters. The molecule has 0 fully saturated rings. The van der Waals surface area contributed by atoms with Crippen LogP contribution in [-0.2, 0) is 16.0 Å². The van der Waals surface area contributed by atoms with E-state index in [0.717, 1.165) is 22.4 Å². The highest BCUT2D eigenvalue weighted by atomic mass is 16.2. The number of amides is 2. The van der Waals surface area contributed by atoms with Crippen molar-refractivity contribution < 1.29 is 9.59 Å². The molecule has 0 aliphatic rings. The molecule has 138 valence electrons. The van der Waals surface area contributed by atoms with E-state index in [9.17, 15) is 9.59 Å². The lowest BCUT2D eigenvalue weighted by atomic mass is 10.0. The number of anilines is 1. The zero-order chi connectivity index (χ0) is 19.3. The molecular formula is C22H28N2O2. The van der Waals surface area contributed by atoms with Crippen molar-refractivity contribution in [2.45, 2.75) is 47.5 Å². The van der Waals surface area contributed by atoms with E-state index >= 15 is 0 Å². The van der Waals surface area contributed by atoms with Gasteiger partial charge < -0.3 is 10.6 Å². The van der Waals surface area contributed by atoms with Crippen LogP contribution >= 0.6 is 0 Å². The number of benzene rings is 2. The second-order valence-electron chi connectivity index (χ2n) is 7.03. The van der Waals surface area contributed by atoms with Gasteiger partial charge in [-0.15, -0.1) is 0 Å².